The number of nitrogens with zero attached hydrogens (tertiary/aromatic N) is 1. The highest BCUT2D eigenvalue weighted by Crippen LogP contribution is 2.24. The van der Waals surface area contributed by atoms with E-state index in [1.54, 1.807) is 0 Å². The zero-order valence-electron chi connectivity index (χ0n) is 8.41. The van der Waals surface area contributed by atoms with E-state index < -0.39 is 6.43 Å². The number of H-pyrrole nitrogens is 1. The number of nitrogens with one attached hydrogen (secondary N) is 2. The number of halogens is 4. The quantitative estimate of drug-likeness (QED) is 0.585. The molecule has 0 saturated carbocycles. The molecule has 0 fully saturated rings. The highest BCUT2D eigenvalue weighted by molar-refractivity contribution is 6.06. The highest BCUT2D eigenvalue weighted by Gasteiger charge is 2.13. The number of hydrogen-bond donors (Lipinski definition) is 3. The Morgan fingerprint density at radius 1 is 1.41 bits per heavy atom. The van der Waals surface area contributed by atoms with E-state index in [0.717, 1.165) is 0 Å². The maximum Gasteiger partial charge on any atom is 0.278 e. The molecule has 0 amide bonds. The normalized spacial score (nSPS) is 9.82. The summed E-state index contributed by atoms with van der Waals surface area (Å²) in [6.45, 7) is 0. The maximum atomic E-state index is 12.4. The summed E-state index contributed by atoms with van der Waals surface area (Å²) in [5.74, 6) is -0.165. The van der Waals surface area contributed by atoms with E-state index in [4.69, 9.17) is 11.1 Å². The third kappa shape index (κ3) is 2.83. The number of pyridine rings is 1. The number of rotatable bonds is 2. The molecule has 17 heavy (non-hydrogen) atoms. The molecule has 8 heteroatoms. The van der Waals surface area contributed by atoms with Crippen LogP contribution in [0.1, 0.15) is 17.7 Å². The minimum absolute atomic E-state index is 0. The van der Waals surface area contributed by atoms with Gasteiger partial charge in [-0.05, 0) is 12.1 Å². The van der Waals surface area contributed by atoms with Crippen molar-refractivity contribution in [3.63, 3.8) is 0 Å². The highest BCUT2D eigenvalue weighted by atomic mass is 35.5. The van der Waals surface area contributed by atoms with E-state index in [-0.39, 0.29) is 36.3 Å². The van der Waals surface area contributed by atoms with Crippen LogP contribution in [-0.4, -0.2) is 15.8 Å². The number of aromatic amines is 1. The maximum absolute atomic E-state index is 12.4. The first kappa shape index (κ1) is 15.6. The van der Waals surface area contributed by atoms with Crippen LogP contribution >= 0.6 is 24.8 Å². The Morgan fingerprint density at radius 2 is 2.06 bits per heavy atom. The summed E-state index contributed by atoms with van der Waals surface area (Å²) >= 11 is 0. The second kappa shape index (κ2) is 5.79. The molecule has 0 saturated heterocycles. The van der Waals surface area contributed by atoms with E-state index in [0.29, 0.717) is 16.6 Å². The number of alkyl halides is 2. The van der Waals surface area contributed by atoms with Crippen LogP contribution in [0.2, 0.25) is 0 Å². The van der Waals surface area contributed by atoms with E-state index in [1.807, 2.05) is 0 Å². The summed E-state index contributed by atoms with van der Waals surface area (Å²) in [5, 5.41) is 7.73. The lowest BCUT2D eigenvalue weighted by Crippen LogP contribution is -2.11. The van der Waals surface area contributed by atoms with Crippen LogP contribution in [0.5, 0.6) is 0 Å². The lowest BCUT2D eigenvalue weighted by atomic mass is 10.1. The van der Waals surface area contributed by atoms with Gasteiger partial charge in [0.05, 0.1) is 5.69 Å². The van der Waals surface area contributed by atoms with Crippen molar-refractivity contribution in [2.45, 2.75) is 6.43 Å². The molecule has 0 radical (unpaired) electrons. The van der Waals surface area contributed by atoms with E-state index in [1.165, 1.54) is 18.3 Å². The smallest absolute Gasteiger partial charge is 0.278 e. The van der Waals surface area contributed by atoms with Crippen molar-refractivity contribution in [3.8, 4) is 0 Å². The molecule has 0 spiro atoms. The fraction of sp³-hybridized carbons (Fsp3) is 0.111. The third-order valence-electron chi connectivity index (χ3n) is 2.08. The Kier molecular flexibility index (Phi) is 5.31. The molecule has 0 bridgehead atoms. The zero-order valence-corrected chi connectivity index (χ0v) is 10.0. The molecule has 2 rings (SSSR count). The lowest BCUT2D eigenvalue weighted by Gasteiger charge is -1.97. The Balaban J connectivity index is 0.00000128. The largest absolute Gasteiger partial charge is 0.384 e. The monoisotopic (exact) mass is 282 g/mol. The van der Waals surface area contributed by atoms with Crippen molar-refractivity contribution in [2.75, 3.05) is 0 Å². The third-order valence-corrected chi connectivity index (χ3v) is 2.08. The summed E-state index contributed by atoms with van der Waals surface area (Å²) in [6, 6.07) is 2.79. The molecule has 0 aliphatic carbocycles. The van der Waals surface area contributed by atoms with Crippen molar-refractivity contribution in [3.05, 3.63) is 29.6 Å². The number of fused-ring (bicyclic) bond motifs is 1. The lowest BCUT2D eigenvalue weighted by molar-refractivity contribution is 0.147. The topological polar surface area (TPSA) is 78.6 Å². The predicted octanol–water partition coefficient (Wildman–Crippen LogP) is 2.63. The van der Waals surface area contributed by atoms with Gasteiger partial charge in [-0.25, -0.2) is 13.8 Å². The summed E-state index contributed by atoms with van der Waals surface area (Å²) in [4.78, 5) is 6.36. The Morgan fingerprint density at radius 3 is 2.59 bits per heavy atom. The second-order valence-corrected chi connectivity index (χ2v) is 3.06. The van der Waals surface area contributed by atoms with Gasteiger partial charge in [0.2, 0.25) is 0 Å². The summed E-state index contributed by atoms with van der Waals surface area (Å²) < 4.78 is 24.8. The average molecular weight is 283 g/mol. The van der Waals surface area contributed by atoms with Crippen LogP contribution < -0.4 is 5.73 Å². The molecule has 94 valence electrons. The van der Waals surface area contributed by atoms with Crippen molar-refractivity contribution >= 4 is 41.7 Å². The average Bonchev–Trinajstić information content (AvgIpc) is 2.60. The second-order valence-electron chi connectivity index (χ2n) is 3.06. The van der Waals surface area contributed by atoms with Gasteiger partial charge in [-0.3, -0.25) is 5.41 Å². The molecule has 0 aliphatic heterocycles. The van der Waals surface area contributed by atoms with Crippen LogP contribution in [0.3, 0.4) is 0 Å². The van der Waals surface area contributed by atoms with Crippen molar-refractivity contribution in [1.82, 2.24) is 9.97 Å². The van der Waals surface area contributed by atoms with Crippen molar-refractivity contribution in [1.29, 1.82) is 5.41 Å². The zero-order chi connectivity index (χ0) is 11.0. The van der Waals surface area contributed by atoms with Gasteiger partial charge in [0.15, 0.2) is 0 Å². The van der Waals surface area contributed by atoms with E-state index in [9.17, 15) is 8.78 Å². The first-order valence-corrected chi connectivity index (χ1v) is 4.19. The van der Waals surface area contributed by atoms with Crippen LogP contribution in [0, 0.1) is 5.41 Å². The van der Waals surface area contributed by atoms with Gasteiger partial charge >= 0.3 is 0 Å². The molecule has 4 nitrogen and oxygen atoms in total. The van der Waals surface area contributed by atoms with Gasteiger partial charge in [0.25, 0.3) is 6.43 Å². The summed E-state index contributed by atoms with van der Waals surface area (Å²) in [7, 11) is 0. The fourth-order valence-corrected chi connectivity index (χ4v) is 1.40. The SMILES string of the molecule is Cl.Cl.N=C(N)c1ccnc2[nH]c(C(F)F)cc12. The molecule has 0 aliphatic rings. The van der Waals surface area contributed by atoms with Gasteiger partial charge in [0, 0.05) is 17.1 Å². The Labute approximate surface area is 108 Å². The molecule has 2 aromatic heterocycles. The number of aromatic nitrogens is 2. The van der Waals surface area contributed by atoms with Crippen LogP contribution in [0.25, 0.3) is 11.0 Å². The molecule has 2 heterocycles. The van der Waals surface area contributed by atoms with Crippen molar-refractivity contribution < 1.29 is 8.78 Å². The minimum atomic E-state index is -2.58. The Hall–Kier alpha value is -1.40. The summed E-state index contributed by atoms with van der Waals surface area (Å²) in [6.07, 6.45) is -1.16. The van der Waals surface area contributed by atoms with Crippen LogP contribution in [0.4, 0.5) is 8.78 Å². The molecular formula is C9H10Cl2F2N4. The van der Waals surface area contributed by atoms with Gasteiger partial charge in [-0.15, -0.1) is 24.8 Å². The standard InChI is InChI=1S/C9H8F2N4.2ClH/c10-7(11)6-3-5-4(8(12)13)1-2-14-9(5)15-6;;/h1-3,7H,(H3,12,13)(H,14,15);2*1H. The fourth-order valence-electron chi connectivity index (χ4n) is 1.40. The number of hydrogen-bond acceptors (Lipinski definition) is 2. The number of amidine groups is 1. The van der Waals surface area contributed by atoms with Crippen molar-refractivity contribution in [2.24, 2.45) is 5.73 Å². The van der Waals surface area contributed by atoms with Gasteiger partial charge < -0.3 is 10.7 Å². The Bertz CT molecular complexity index is 527. The first-order chi connectivity index (χ1) is 7.09. The van der Waals surface area contributed by atoms with Crippen LogP contribution in [-0.2, 0) is 0 Å². The molecular weight excluding hydrogens is 273 g/mol. The molecule has 4 N–H and O–H groups in total. The van der Waals surface area contributed by atoms with E-state index >= 15 is 0 Å². The molecule has 0 unspecified atom stereocenters. The number of nitrogen functional groups attached to an aromatic ring is 1. The molecule has 2 aromatic rings. The van der Waals surface area contributed by atoms with Gasteiger partial charge in [0.1, 0.15) is 11.5 Å². The molecule has 0 aromatic carbocycles. The first-order valence-electron chi connectivity index (χ1n) is 4.19. The van der Waals surface area contributed by atoms with Gasteiger partial charge in [-0.1, -0.05) is 0 Å². The minimum Gasteiger partial charge on any atom is -0.384 e. The van der Waals surface area contributed by atoms with E-state index in [2.05, 4.69) is 9.97 Å². The number of nitrogens with two attached hydrogens (primary N) is 1. The van der Waals surface area contributed by atoms with Crippen LogP contribution in [0.15, 0.2) is 18.3 Å². The summed E-state index contributed by atoms with van der Waals surface area (Å²) in [5.41, 5.74) is 5.83. The molecule has 0 atom stereocenters. The van der Waals surface area contributed by atoms with Gasteiger partial charge in [-0.2, -0.15) is 0 Å². The predicted molar refractivity (Wildman–Crippen MR) is 66.6 cm³/mol.